The molecule has 0 bridgehead atoms. The Morgan fingerprint density at radius 1 is 1.04 bits per heavy atom. The highest BCUT2D eigenvalue weighted by Crippen LogP contribution is 2.17. The number of anilines is 1. The molecule has 24 heavy (non-hydrogen) atoms. The summed E-state index contributed by atoms with van der Waals surface area (Å²) in [6.45, 7) is 2.34. The predicted octanol–water partition coefficient (Wildman–Crippen LogP) is 3.36. The van der Waals surface area contributed by atoms with Crippen molar-refractivity contribution in [2.24, 2.45) is 0 Å². The van der Waals surface area contributed by atoms with E-state index in [9.17, 15) is 9.59 Å². The van der Waals surface area contributed by atoms with Crippen LogP contribution in [0.3, 0.4) is 0 Å². The zero-order chi connectivity index (χ0) is 17.4. The standard InChI is InChI=1S/C19H22N2O3/c1-3-6-18(22)21-16-11-9-14(10-12-16)19(23)20-13-15-7-4-5-8-17(15)24-2/h4-5,7-12H,3,6,13H2,1-2H3,(H,20,23)(H,21,22). The summed E-state index contributed by atoms with van der Waals surface area (Å²) in [7, 11) is 1.60. The number of ether oxygens (including phenoxy) is 1. The molecule has 0 fully saturated rings. The Morgan fingerprint density at radius 2 is 1.75 bits per heavy atom. The van der Waals surface area contributed by atoms with E-state index in [2.05, 4.69) is 10.6 Å². The van der Waals surface area contributed by atoms with Gasteiger partial charge < -0.3 is 15.4 Å². The van der Waals surface area contributed by atoms with E-state index in [-0.39, 0.29) is 11.8 Å². The first-order valence-corrected chi connectivity index (χ1v) is 7.94. The summed E-state index contributed by atoms with van der Waals surface area (Å²) in [5, 5.41) is 5.66. The fourth-order valence-electron chi connectivity index (χ4n) is 2.28. The molecule has 0 saturated carbocycles. The van der Waals surface area contributed by atoms with Crippen molar-refractivity contribution in [2.75, 3.05) is 12.4 Å². The van der Waals surface area contributed by atoms with Gasteiger partial charge in [0.15, 0.2) is 0 Å². The topological polar surface area (TPSA) is 67.4 Å². The number of carbonyl (C=O) groups excluding carboxylic acids is 2. The average Bonchev–Trinajstić information content (AvgIpc) is 2.60. The number of amides is 2. The van der Waals surface area contributed by atoms with E-state index in [1.165, 1.54) is 0 Å². The van der Waals surface area contributed by atoms with Crippen molar-refractivity contribution in [1.29, 1.82) is 0 Å². The molecule has 0 aliphatic rings. The molecule has 5 nitrogen and oxygen atoms in total. The summed E-state index contributed by atoms with van der Waals surface area (Å²) in [4.78, 5) is 23.8. The highest BCUT2D eigenvalue weighted by atomic mass is 16.5. The molecule has 0 spiro atoms. The lowest BCUT2D eigenvalue weighted by molar-refractivity contribution is -0.116. The van der Waals surface area contributed by atoms with E-state index in [1.54, 1.807) is 31.4 Å². The second-order valence-electron chi connectivity index (χ2n) is 5.37. The summed E-state index contributed by atoms with van der Waals surface area (Å²) in [6.07, 6.45) is 1.29. The highest BCUT2D eigenvalue weighted by Gasteiger charge is 2.08. The van der Waals surface area contributed by atoms with E-state index in [4.69, 9.17) is 4.74 Å². The Kier molecular flexibility index (Phi) is 6.37. The molecule has 0 aliphatic heterocycles. The molecular formula is C19H22N2O3. The van der Waals surface area contributed by atoms with Gasteiger partial charge in [-0.2, -0.15) is 0 Å². The van der Waals surface area contributed by atoms with E-state index < -0.39 is 0 Å². The fraction of sp³-hybridized carbons (Fsp3) is 0.263. The van der Waals surface area contributed by atoms with Gasteiger partial charge in [0, 0.05) is 29.8 Å². The number of nitrogens with one attached hydrogen (secondary N) is 2. The minimum atomic E-state index is -0.174. The van der Waals surface area contributed by atoms with Crippen LogP contribution in [0.1, 0.15) is 35.7 Å². The van der Waals surface area contributed by atoms with Crippen molar-refractivity contribution in [3.8, 4) is 5.75 Å². The van der Waals surface area contributed by atoms with E-state index in [0.717, 1.165) is 17.7 Å². The lowest BCUT2D eigenvalue weighted by Gasteiger charge is -2.10. The monoisotopic (exact) mass is 326 g/mol. The third-order valence-corrected chi connectivity index (χ3v) is 3.54. The van der Waals surface area contributed by atoms with Gasteiger partial charge in [0.2, 0.25) is 5.91 Å². The number of methoxy groups -OCH3 is 1. The lowest BCUT2D eigenvalue weighted by Crippen LogP contribution is -2.23. The maximum Gasteiger partial charge on any atom is 0.251 e. The summed E-state index contributed by atoms with van der Waals surface area (Å²) >= 11 is 0. The van der Waals surface area contributed by atoms with Crippen LogP contribution < -0.4 is 15.4 Å². The Morgan fingerprint density at radius 3 is 2.42 bits per heavy atom. The summed E-state index contributed by atoms with van der Waals surface area (Å²) in [6, 6.07) is 14.4. The third-order valence-electron chi connectivity index (χ3n) is 3.54. The van der Waals surface area contributed by atoms with Crippen LogP contribution in [0.2, 0.25) is 0 Å². The largest absolute Gasteiger partial charge is 0.496 e. The second-order valence-corrected chi connectivity index (χ2v) is 5.37. The number of para-hydroxylation sites is 1. The van der Waals surface area contributed by atoms with Crippen LogP contribution >= 0.6 is 0 Å². The first-order valence-electron chi connectivity index (χ1n) is 7.94. The summed E-state index contributed by atoms with van der Waals surface area (Å²) in [5.74, 6) is 0.546. The fourth-order valence-corrected chi connectivity index (χ4v) is 2.28. The van der Waals surface area contributed by atoms with E-state index >= 15 is 0 Å². The van der Waals surface area contributed by atoms with Gasteiger partial charge in [-0.3, -0.25) is 9.59 Å². The van der Waals surface area contributed by atoms with Crippen molar-refractivity contribution in [3.05, 3.63) is 59.7 Å². The van der Waals surface area contributed by atoms with Gasteiger partial charge in [-0.05, 0) is 36.8 Å². The van der Waals surface area contributed by atoms with Gasteiger partial charge in [0.1, 0.15) is 5.75 Å². The number of carbonyl (C=O) groups is 2. The SMILES string of the molecule is CCCC(=O)Nc1ccc(C(=O)NCc2ccccc2OC)cc1. The van der Waals surface area contributed by atoms with Gasteiger partial charge in [-0.1, -0.05) is 25.1 Å². The Balaban J connectivity index is 1.94. The first kappa shape index (κ1) is 17.5. The summed E-state index contributed by atoms with van der Waals surface area (Å²) in [5.41, 5.74) is 2.14. The van der Waals surface area contributed by atoms with Crippen molar-refractivity contribution in [1.82, 2.24) is 5.32 Å². The van der Waals surface area contributed by atoms with Gasteiger partial charge in [-0.25, -0.2) is 0 Å². The molecule has 2 aromatic carbocycles. The number of benzene rings is 2. The maximum atomic E-state index is 12.2. The Labute approximate surface area is 142 Å². The quantitative estimate of drug-likeness (QED) is 0.820. The molecule has 0 heterocycles. The Bertz CT molecular complexity index is 696. The molecule has 126 valence electrons. The van der Waals surface area contributed by atoms with Crippen LogP contribution in [0, 0.1) is 0 Å². The molecule has 5 heteroatoms. The van der Waals surface area contributed by atoms with Gasteiger partial charge in [-0.15, -0.1) is 0 Å². The second kappa shape index (κ2) is 8.72. The van der Waals surface area contributed by atoms with Crippen LogP contribution in [0.15, 0.2) is 48.5 Å². The minimum Gasteiger partial charge on any atom is -0.496 e. The number of hydrogen-bond donors (Lipinski definition) is 2. The lowest BCUT2D eigenvalue weighted by atomic mass is 10.1. The Hall–Kier alpha value is -2.82. The summed E-state index contributed by atoms with van der Waals surface area (Å²) < 4.78 is 5.26. The molecule has 0 radical (unpaired) electrons. The van der Waals surface area contributed by atoms with Gasteiger partial charge >= 0.3 is 0 Å². The molecular weight excluding hydrogens is 304 g/mol. The van der Waals surface area contributed by atoms with E-state index in [1.807, 2.05) is 31.2 Å². The number of rotatable bonds is 7. The van der Waals surface area contributed by atoms with Crippen LogP contribution in [-0.4, -0.2) is 18.9 Å². The van der Waals surface area contributed by atoms with Gasteiger partial charge in [0.05, 0.1) is 7.11 Å². The molecule has 0 aliphatic carbocycles. The molecule has 0 saturated heterocycles. The van der Waals surface area contributed by atoms with E-state index in [0.29, 0.717) is 24.2 Å². The molecule has 0 unspecified atom stereocenters. The minimum absolute atomic E-state index is 0.0223. The van der Waals surface area contributed by atoms with Crippen LogP contribution in [0.4, 0.5) is 5.69 Å². The van der Waals surface area contributed by atoms with Crippen LogP contribution in [-0.2, 0) is 11.3 Å². The number of hydrogen-bond acceptors (Lipinski definition) is 3. The van der Waals surface area contributed by atoms with Crippen LogP contribution in [0.25, 0.3) is 0 Å². The molecule has 0 aromatic heterocycles. The normalized spacial score (nSPS) is 10.1. The average molecular weight is 326 g/mol. The highest BCUT2D eigenvalue weighted by molar-refractivity contribution is 5.95. The zero-order valence-electron chi connectivity index (χ0n) is 14.0. The van der Waals surface area contributed by atoms with Crippen LogP contribution in [0.5, 0.6) is 5.75 Å². The molecule has 0 atom stereocenters. The van der Waals surface area contributed by atoms with Gasteiger partial charge in [0.25, 0.3) is 5.91 Å². The van der Waals surface area contributed by atoms with Crippen molar-refractivity contribution in [2.45, 2.75) is 26.3 Å². The predicted molar refractivity (Wildman–Crippen MR) is 94.1 cm³/mol. The molecule has 2 N–H and O–H groups in total. The van der Waals surface area contributed by atoms with Crippen molar-refractivity contribution >= 4 is 17.5 Å². The molecule has 2 amide bonds. The van der Waals surface area contributed by atoms with Crippen molar-refractivity contribution in [3.63, 3.8) is 0 Å². The zero-order valence-corrected chi connectivity index (χ0v) is 14.0. The smallest absolute Gasteiger partial charge is 0.251 e. The third kappa shape index (κ3) is 4.84. The maximum absolute atomic E-state index is 12.2. The van der Waals surface area contributed by atoms with Crippen molar-refractivity contribution < 1.29 is 14.3 Å². The molecule has 2 aromatic rings. The molecule has 2 rings (SSSR count). The first-order chi connectivity index (χ1) is 11.6.